The van der Waals surface area contributed by atoms with Gasteiger partial charge >= 0.3 is 17.9 Å². The minimum Gasteiger partial charge on any atom is -0.458 e. The number of ether oxygens (including phenoxy) is 4. The van der Waals surface area contributed by atoms with Gasteiger partial charge in [0.2, 0.25) is 0 Å². The summed E-state index contributed by atoms with van der Waals surface area (Å²) in [6, 6.07) is 5.33. The van der Waals surface area contributed by atoms with Gasteiger partial charge in [-0.15, -0.1) is 0 Å². The van der Waals surface area contributed by atoms with Crippen molar-refractivity contribution >= 4 is 23.6 Å². The Kier molecular flexibility index (Phi) is 14.3. The maximum atomic E-state index is 12.7. The molecule has 2 aliphatic rings. The van der Waals surface area contributed by atoms with Crippen molar-refractivity contribution < 1.29 is 48.5 Å². The number of cyclic esters (lactones) is 1. The monoisotopic (exact) mass is 685 g/mol. The molecule has 1 aromatic rings. The molecule has 0 saturated carbocycles. The third kappa shape index (κ3) is 11.9. The van der Waals surface area contributed by atoms with Crippen molar-refractivity contribution in [3.05, 3.63) is 75.9 Å². The number of epoxide rings is 1. The average molecular weight is 686 g/mol. The van der Waals surface area contributed by atoms with E-state index in [4.69, 9.17) is 18.9 Å². The Hall–Kier alpha value is -3.87. The molecule has 2 aliphatic heterocycles. The highest BCUT2D eigenvalue weighted by Crippen LogP contribution is 2.37. The van der Waals surface area contributed by atoms with Crippen LogP contribution in [0.4, 0.5) is 5.69 Å². The Morgan fingerprint density at radius 2 is 1.86 bits per heavy atom. The molecule has 49 heavy (non-hydrogen) atoms. The van der Waals surface area contributed by atoms with Crippen LogP contribution in [-0.2, 0) is 28.5 Å². The SMILES string of the molecule is CCC(OC(=O)c1ccc([N+](=O)[O-])cc1)C(C)C1OC1CC(C)/C=C/C=C(\C)C1OC(=O)CC(O)CCC(C)(O)C(OC(C)=O)/C=C\C1C. The van der Waals surface area contributed by atoms with Crippen LogP contribution in [0.5, 0.6) is 0 Å². The minimum atomic E-state index is -1.44. The summed E-state index contributed by atoms with van der Waals surface area (Å²) in [5.41, 5.74) is -0.519. The second kappa shape index (κ2) is 17.7. The summed E-state index contributed by atoms with van der Waals surface area (Å²) in [7, 11) is 0. The van der Waals surface area contributed by atoms with Gasteiger partial charge in [0.25, 0.3) is 5.69 Å². The van der Waals surface area contributed by atoms with E-state index in [1.165, 1.54) is 38.1 Å². The molecule has 10 atom stereocenters. The van der Waals surface area contributed by atoms with Gasteiger partial charge in [0.05, 0.1) is 35.2 Å². The number of aliphatic hydroxyl groups is 2. The predicted molar refractivity (Wildman–Crippen MR) is 181 cm³/mol. The zero-order chi connectivity index (χ0) is 36.5. The van der Waals surface area contributed by atoms with Crippen molar-refractivity contribution in [1.82, 2.24) is 0 Å². The van der Waals surface area contributed by atoms with Crippen molar-refractivity contribution in [2.45, 2.75) is 123 Å². The Morgan fingerprint density at radius 1 is 1.18 bits per heavy atom. The van der Waals surface area contributed by atoms with E-state index < -0.39 is 46.7 Å². The zero-order valence-electron chi connectivity index (χ0n) is 29.4. The number of rotatable bonds is 12. The Bertz CT molecular complexity index is 1400. The molecule has 10 unspecified atom stereocenters. The van der Waals surface area contributed by atoms with E-state index >= 15 is 0 Å². The molecule has 0 aliphatic carbocycles. The molecule has 0 spiro atoms. The van der Waals surface area contributed by atoms with Crippen LogP contribution in [0.3, 0.4) is 0 Å². The van der Waals surface area contributed by atoms with Gasteiger partial charge in [-0.1, -0.05) is 52.0 Å². The highest BCUT2D eigenvalue weighted by Gasteiger charge is 2.46. The van der Waals surface area contributed by atoms with Crippen molar-refractivity contribution in [3.8, 4) is 0 Å². The predicted octanol–water partition coefficient (Wildman–Crippen LogP) is 5.79. The maximum Gasteiger partial charge on any atom is 0.338 e. The summed E-state index contributed by atoms with van der Waals surface area (Å²) >= 11 is 0. The van der Waals surface area contributed by atoms with E-state index in [2.05, 4.69) is 6.92 Å². The molecular formula is C37H51NO11. The normalized spacial score (nSPS) is 30.6. The first kappa shape index (κ1) is 39.6. The van der Waals surface area contributed by atoms with Crippen LogP contribution >= 0.6 is 0 Å². The first-order valence-corrected chi connectivity index (χ1v) is 16.9. The molecule has 0 amide bonds. The first-order valence-electron chi connectivity index (χ1n) is 16.9. The van der Waals surface area contributed by atoms with Crippen LogP contribution in [-0.4, -0.2) is 75.3 Å². The number of benzene rings is 1. The lowest BCUT2D eigenvalue weighted by Gasteiger charge is -2.32. The fourth-order valence-corrected chi connectivity index (χ4v) is 6.07. The lowest BCUT2D eigenvalue weighted by Crippen LogP contribution is -2.42. The zero-order valence-corrected chi connectivity index (χ0v) is 29.4. The Balaban J connectivity index is 1.61. The molecule has 270 valence electrons. The van der Waals surface area contributed by atoms with E-state index in [1.54, 1.807) is 12.2 Å². The van der Waals surface area contributed by atoms with Crippen LogP contribution in [0.25, 0.3) is 0 Å². The number of esters is 3. The van der Waals surface area contributed by atoms with Crippen molar-refractivity contribution in [1.29, 1.82) is 0 Å². The molecular weight excluding hydrogens is 634 g/mol. The van der Waals surface area contributed by atoms with E-state index in [1.807, 2.05) is 45.9 Å². The highest BCUT2D eigenvalue weighted by molar-refractivity contribution is 5.89. The molecule has 12 heteroatoms. The van der Waals surface area contributed by atoms with E-state index in [0.29, 0.717) is 6.42 Å². The Morgan fingerprint density at radius 3 is 2.47 bits per heavy atom. The molecule has 2 heterocycles. The number of carbonyl (C=O) groups is 3. The number of aliphatic hydroxyl groups excluding tert-OH is 1. The molecule has 1 saturated heterocycles. The number of hydrogen-bond donors (Lipinski definition) is 2. The van der Waals surface area contributed by atoms with Gasteiger partial charge in [-0.3, -0.25) is 19.7 Å². The highest BCUT2D eigenvalue weighted by atomic mass is 16.6. The van der Waals surface area contributed by atoms with Gasteiger partial charge in [-0.25, -0.2) is 4.79 Å². The van der Waals surface area contributed by atoms with Gasteiger partial charge in [-0.2, -0.15) is 0 Å². The standard InChI is InChI=1S/C37H51NO11/c1-8-30(48-36(42)27-13-15-28(16-14-27)38(44)45)25(5)35-31(47-35)20-22(2)10-9-11-23(3)34-24(4)12-17-32(46-26(6)39)37(7,43)19-18-29(40)21-33(41)49-34/h9-17,22,24-25,29-32,34-35,40,43H,8,18-21H2,1-7H3/b10-9+,17-12-,23-11+. The van der Waals surface area contributed by atoms with E-state index in [9.17, 15) is 34.7 Å². The maximum absolute atomic E-state index is 12.7. The summed E-state index contributed by atoms with van der Waals surface area (Å²) in [4.78, 5) is 47.6. The lowest BCUT2D eigenvalue weighted by molar-refractivity contribution is -0.384. The number of allylic oxidation sites excluding steroid dienone is 3. The molecule has 0 radical (unpaired) electrons. The summed E-state index contributed by atoms with van der Waals surface area (Å²) in [6.07, 6.45) is 7.48. The van der Waals surface area contributed by atoms with Crippen molar-refractivity contribution in [2.75, 3.05) is 0 Å². The third-order valence-electron chi connectivity index (χ3n) is 9.17. The van der Waals surface area contributed by atoms with Crippen LogP contribution in [0, 0.1) is 27.9 Å². The van der Waals surface area contributed by atoms with Crippen molar-refractivity contribution in [2.24, 2.45) is 17.8 Å². The van der Waals surface area contributed by atoms with Crippen LogP contribution < -0.4 is 0 Å². The second-order valence-corrected chi connectivity index (χ2v) is 13.6. The van der Waals surface area contributed by atoms with Crippen molar-refractivity contribution in [3.63, 3.8) is 0 Å². The fraction of sp³-hybridized carbons (Fsp3) is 0.595. The quantitative estimate of drug-likeness (QED) is 0.0518. The molecule has 2 N–H and O–H groups in total. The molecule has 3 rings (SSSR count). The number of non-ortho nitro benzene ring substituents is 1. The average Bonchev–Trinajstić information content (AvgIpc) is 3.80. The second-order valence-electron chi connectivity index (χ2n) is 13.6. The lowest BCUT2D eigenvalue weighted by atomic mass is 9.88. The Labute approximate surface area is 288 Å². The summed E-state index contributed by atoms with van der Waals surface area (Å²) < 4.78 is 22.9. The summed E-state index contributed by atoms with van der Waals surface area (Å²) in [6.45, 7) is 12.5. The largest absolute Gasteiger partial charge is 0.458 e. The smallest absolute Gasteiger partial charge is 0.338 e. The molecule has 1 fully saturated rings. The number of carbonyl (C=O) groups excluding carboxylic acids is 3. The molecule has 1 aromatic carbocycles. The topological polar surface area (TPSA) is 175 Å². The van der Waals surface area contributed by atoms with Crippen LogP contribution in [0.2, 0.25) is 0 Å². The summed E-state index contributed by atoms with van der Waals surface area (Å²) in [5.74, 6) is -1.86. The minimum absolute atomic E-state index is 0.00178. The number of nitro groups is 1. The summed E-state index contributed by atoms with van der Waals surface area (Å²) in [5, 5.41) is 32.3. The van der Waals surface area contributed by atoms with Gasteiger partial charge < -0.3 is 29.2 Å². The number of hydrogen-bond acceptors (Lipinski definition) is 11. The first-order chi connectivity index (χ1) is 23.0. The fourth-order valence-electron chi connectivity index (χ4n) is 6.07. The van der Waals surface area contributed by atoms with E-state index in [-0.39, 0.29) is 66.6 Å². The molecule has 12 nitrogen and oxygen atoms in total. The van der Waals surface area contributed by atoms with Gasteiger partial charge in [0.15, 0.2) is 0 Å². The number of nitrogens with zero attached hydrogens (tertiary/aromatic N) is 1. The van der Waals surface area contributed by atoms with Gasteiger partial charge in [-0.05, 0) is 69.2 Å². The van der Waals surface area contributed by atoms with Gasteiger partial charge in [0, 0.05) is 30.9 Å². The molecule has 0 bridgehead atoms. The third-order valence-corrected chi connectivity index (χ3v) is 9.17. The van der Waals surface area contributed by atoms with Crippen LogP contribution in [0.1, 0.15) is 90.9 Å². The van der Waals surface area contributed by atoms with Crippen LogP contribution in [0.15, 0.2) is 60.2 Å². The molecule has 0 aromatic heterocycles. The van der Waals surface area contributed by atoms with Gasteiger partial charge in [0.1, 0.15) is 23.9 Å². The number of nitro benzene ring substituents is 1. The van der Waals surface area contributed by atoms with E-state index in [0.717, 1.165) is 12.0 Å².